The molecule has 1 saturated carbocycles. The van der Waals surface area contributed by atoms with E-state index < -0.39 is 0 Å². The van der Waals surface area contributed by atoms with Gasteiger partial charge in [0.25, 0.3) is 0 Å². The van der Waals surface area contributed by atoms with Crippen LogP contribution in [0, 0.1) is 5.41 Å². The van der Waals surface area contributed by atoms with E-state index in [-0.39, 0.29) is 0 Å². The first-order valence-electron chi connectivity index (χ1n) is 8.58. The highest BCUT2D eigenvalue weighted by atomic mass is 15.1. The highest BCUT2D eigenvalue weighted by Gasteiger charge is 2.29. The van der Waals surface area contributed by atoms with Gasteiger partial charge in [-0.25, -0.2) is 0 Å². The second-order valence-corrected chi connectivity index (χ2v) is 6.55. The Morgan fingerprint density at radius 1 is 1.00 bits per heavy atom. The monoisotopic (exact) mass is 268 g/mol. The van der Waals surface area contributed by atoms with Crippen molar-refractivity contribution in [2.45, 2.75) is 78.2 Å². The van der Waals surface area contributed by atoms with E-state index in [4.69, 9.17) is 0 Å². The smallest absolute Gasteiger partial charge is 0.00924 e. The fourth-order valence-corrected chi connectivity index (χ4v) is 3.53. The summed E-state index contributed by atoms with van der Waals surface area (Å²) in [5, 5.41) is 3.58. The van der Waals surface area contributed by atoms with E-state index in [0.717, 1.165) is 12.6 Å². The van der Waals surface area contributed by atoms with Crippen LogP contribution in [0.2, 0.25) is 0 Å². The number of nitrogens with zero attached hydrogens (tertiary/aromatic N) is 1. The highest BCUT2D eigenvalue weighted by Crippen LogP contribution is 2.29. The molecular formula is C17H36N2. The van der Waals surface area contributed by atoms with Gasteiger partial charge in [0.15, 0.2) is 0 Å². The van der Waals surface area contributed by atoms with Crippen molar-refractivity contribution in [1.82, 2.24) is 10.2 Å². The molecule has 1 aliphatic carbocycles. The first-order valence-corrected chi connectivity index (χ1v) is 8.58. The zero-order chi connectivity index (χ0) is 14.1. The largest absolute Gasteiger partial charge is 0.316 e. The molecule has 0 bridgehead atoms. The van der Waals surface area contributed by atoms with Gasteiger partial charge in [0.05, 0.1) is 0 Å². The molecule has 0 aromatic heterocycles. The van der Waals surface area contributed by atoms with Crippen molar-refractivity contribution in [3.05, 3.63) is 0 Å². The first-order chi connectivity index (χ1) is 9.17. The lowest BCUT2D eigenvalue weighted by Gasteiger charge is -2.39. The standard InChI is InChI=1S/C17H36N2/c1-5-17(6-2,14-18-7-3)15-19(4)16-12-10-8-9-11-13-16/h16,18H,5-15H2,1-4H3. The molecule has 0 saturated heterocycles. The van der Waals surface area contributed by atoms with Crippen LogP contribution in [-0.2, 0) is 0 Å². The Bertz CT molecular complexity index is 215. The molecule has 0 unspecified atom stereocenters. The third-order valence-electron chi connectivity index (χ3n) is 5.28. The molecule has 0 radical (unpaired) electrons. The van der Waals surface area contributed by atoms with Gasteiger partial charge in [0.2, 0.25) is 0 Å². The number of nitrogens with one attached hydrogen (secondary N) is 1. The van der Waals surface area contributed by atoms with Gasteiger partial charge in [-0.2, -0.15) is 0 Å². The topological polar surface area (TPSA) is 15.3 Å². The molecule has 0 heterocycles. The Labute approximate surface area is 121 Å². The summed E-state index contributed by atoms with van der Waals surface area (Å²) in [7, 11) is 2.36. The summed E-state index contributed by atoms with van der Waals surface area (Å²) in [5.74, 6) is 0. The molecule has 0 aliphatic heterocycles. The highest BCUT2D eigenvalue weighted by molar-refractivity contribution is 4.84. The maximum atomic E-state index is 3.58. The number of hydrogen-bond acceptors (Lipinski definition) is 2. The Balaban J connectivity index is 2.55. The first kappa shape index (κ1) is 17.0. The molecule has 19 heavy (non-hydrogen) atoms. The van der Waals surface area contributed by atoms with Gasteiger partial charge in [-0.05, 0) is 44.7 Å². The lowest BCUT2D eigenvalue weighted by Crippen LogP contribution is -2.45. The molecule has 2 heteroatoms. The van der Waals surface area contributed by atoms with Crippen LogP contribution in [0.25, 0.3) is 0 Å². The third kappa shape index (κ3) is 5.43. The SMILES string of the molecule is CCNCC(CC)(CC)CN(C)C1CCCCCC1. The van der Waals surface area contributed by atoms with Crippen LogP contribution in [-0.4, -0.2) is 37.6 Å². The zero-order valence-corrected chi connectivity index (χ0v) is 13.8. The molecule has 0 aromatic rings. The molecule has 2 nitrogen and oxygen atoms in total. The molecule has 1 fully saturated rings. The summed E-state index contributed by atoms with van der Waals surface area (Å²) in [6, 6.07) is 0.835. The molecule has 1 aliphatic rings. The minimum absolute atomic E-state index is 0.469. The lowest BCUT2D eigenvalue weighted by atomic mass is 9.81. The van der Waals surface area contributed by atoms with Crippen molar-refractivity contribution >= 4 is 0 Å². The van der Waals surface area contributed by atoms with Crippen LogP contribution >= 0.6 is 0 Å². The minimum Gasteiger partial charge on any atom is -0.316 e. The van der Waals surface area contributed by atoms with Crippen LogP contribution in [0.5, 0.6) is 0 Å². The summed E-state index contributed by atoms with van der Waals surface area (Å²) in [5.41, 5.74) is 0.469. The second kappa shape index (κ2) is 8.97. The quantitative estimate of drug-likeness (QED) is 0.668. The van der Waals surface area contributed by atoms with Crippen LogP contribution in [0.3, 0.4) is 0 Å². The van der Waals surface area contributed by atoms with E-state index >= 15 is 0 Å². The third-order valence-corrected chi connectivity index (χ3v) is 5.28. The Kier molecular flexibility index (Phi) is 8.01. The number of rotatable bonds is 8. The van der Waals surface area contributed by atoms with Gasteiger partial charge in [-0.1, -0.05) is 46.5 Å². The minimum atomic E-state index is 0.469. The maximum Gasteiger partial charge on any atom is 0.00924 e. The van der Waals surface area contributed by atoms with Crippen LogP contribution in [0.4, 0.5) is 0 Å². The Morgan fingerprint density at radius 3 is 2.05 bits per heavy atom. The predicted molar refractivity (Wildman–Crippen MR) is 85.7 cm³/mol. The van der Waals surface area contributed by atoms with Crippen molar-refractivity contribution < 1.29 is 0 Å². The van der Waals surface area contributed by atoms with E-state index in [1.54, 1.807) is 0 Å². The Morgan fingerprint density at radius 2 is 1.58 bits per heavy atom. The van der Waals surface area contributed by atoms with Crippen molar-refractivity contribution in [2.24, 2.45) is 5.41 Å². The molecule has 0 amide bonds. The predicted octanol–water partition coefficient (Wildman–Crippen LogP) is 4.06. The maximum absolute atomic E-state index is 3.58. The van der Waals surface area contributed by atoms with Gasteiger partial charge in [-0.15, -0.1) is 0 Å². The van der Waals surface area contributed by atoms with E-state index in [1.165, 1.54) is 64.5 Å². The molecule has 0 atom stereocenters. The average molecular weight is 268 g/mol. The zero-order valence-electron chi connectivity index (χ0n) is 13.8. The fraction of sp³-hybridized carbons (Fsp3) is 1.00. The molecule has 0 spiro atoms. The number of hydrogen-bond donors (Lipinski definition) is 1. The summed E-state index contributed by atoms with van der Waals surface area (Å²) < 4.78 is 0. The van der Waals surface area contributed by atoms with Gasteiger partial charge in [0.1, 0.15) is 0 Å². The summed E-state index contributed by atoms with van der Waals surface area (Å²) in [6.45, 7) is 10.5. The van der Waals surface area contributed by atoms with E-state index in [1.807, 2.05) is 0 Å². The van der Waals surface area contributed by atoms with Gasteiger partial charge >= 0.3 is 0 Å². The fourth-order valence-electron chi connectivity index (χ4n) is 3.53. The average Bonchev–Trinajstić information content (AvgIpc) is 2.72. The summed E-state index contributed by atoms with van der Waals surface area (Å²) >= 11 is 0. The molecule has 0 aromatic carbocycles. The second-order valence-electron chi connectivity index (χ2n) is 6.55. The molecule has 1 N–H and O–H groups in total. The van der Waals surface area contributed by atoms with Gasteiger partial charge in [-0.3, -0.25) is 0 Å². The van der Waals surface area contributed by atoms with Crippen molar-refractivity contribution in [3.8, 4) is 0 Å². The van der Waals surface area contributed by atoms with E-state index in [0.29, 0.717) is 5.41 Å². The Hall–Kier alpha value is -0.0800. The molecular weight excluding hydrogens is 232 g/mol. The van der Waals surface area contributed by atoms with E-state index in [9.17, 15) is 0 Å². The van der Waals surface area contributed by atoms with Crippen LogP contribution < -0.4 is 5.32 Å². The molecule has 114 valence electrons. The van der Waals surface area contributed by atoms with Crippen LogP contribution in [0.15, 0.2) is 0 Å². The van der Waals surface area contributed by atoms with Crippen molar-refractivity contribution in [2.75, 3.05) is 26.7 Å². The van der Waals surface area contributed by atoms with Gasteiger partial charge < -0.3 is 10.2 Å². The lowest BCUT2D eigenvalue weighted by molar-refractivity contribution is 0.114. The summed E-state index contributed by atoms with van der Waals surface area (Å²) in [4.78, 5) is 2.68. The molecule has 1 rings (SSSR count). The summed E-state index contributed by atoms with van der Waals surface area (Å²) in [6.07, 6.45) is 11.2. The van der Waals surface area contributed by atoms with Crippen molar-refractivity contribution in [3.63, 3.8) is 0 Å². The normalized spacial score (nSPS) is 18.8. The van der Waals surface area contributed by atoms with Gasteiger partial charge in [0, 0.05) is 19.1 Å². The van der Waals surface area contributed by atoms with Crippen LogP contribution in [0.1, 0.15) is 72.1 Å². The van der Waals surface area contributed by atoms with E-state index in [2.05, 4.69) is 38.0 Å². The van der Waals surface area contributed by atoms with Crippen molar-refractivity contribution in [1.29, 1.82) is 0 Å².